The molecule has 0 unspecified atom stereocenters. The summed E-state index contributed by atoms with van der Waals surface area (Å²) >= 11 is 1.58. The fourth-order valence-corrected chi connectivity index (χ4v) is 2.13. The summed E-state index contributed by atoms with van der Waals surface area (Å²) in [6.07, 6.45) is 1.92. The number of rotatable bonds is 3. The third-order valence-electron chi connectivity index (χ3n) is 1.89. The highest BCUT2D eigenvalue weighted by Crippen LogP contribution is 2.26. The van der Waals surface area contributed by atoms with Gasteiger partial charge in [-0.1, -0.05) is 0 Å². The SMILES string of the molecule is CCOC(=O)Cc1coc2ccsc12. The Morgan fingerprint density at radius 1 is 1.64 bits per heavy atom. The van der Waals surface area contributed by atoms with Crippen molar-refractivity contribution in [3.8, 4) is 0 Å². The summed E-state index contributed by atoms with van der Waals surface area (Å²) < 4.78 is 11.2. The van der Waals surface area contributed by atoms with Gasteiger partial charge in [-0.15, -0.1) is 11.3 Å². The Hall–Kier alpha value is -1.29. The minimum absolute atomic E-state index is 0.205. The van der Waals surface area contributed by atoms with Gasteiger partial charge in [-0.05, 0) is 18.4 Å². The zero-order valence-corrected chi connectivity index (χ0v) is 8.60. The molecule has 0 fully saturated rings. The minimum Gasteiger partial charge on any atom is -0.466 e. The molecule has 0 saturated heterocycles. The van der Waals surface area contributed by atoms with Gasteiger partial charge in [-0.2, -0.15) is 0 Å². The summed E-state index contributed by atoms with van der Waals surface area (Å²) in [7, 11) is 0. The number of thiophene rings is 1. The highest BCUT2D eigenvalue weighted by atomic mass is 32.1. The highest BCUT2D eigenvalue weighted by molar-refractivity contribution is 7.17. The van der Waals surface area contributed by atoms with Crippen LogP contribution in [0.1, 0.15) is 12.5 Å². The van der Waals surface area contributed by atoms with Crippen LogP contribution in [-0.4, -0.2) is 12.6 Å². The number of carbonyl (C=O) groups excluding carboxylic acids is 1. The Bertz CT molecular complexity index is 441. The molecular formula is C10H10O3S. The first-order valence-electron chi connectivity index (χ1n) is 4.40. The molecule has 74 valence electrons. The second kappa shape index (κ2) is 3.84. The second-order valence-electron chi connectivity index (χ2n) is 2.86. The first-order chi connectivity index (χ1) is 6.81. The first-order valence-corrected chi connectivity index (χ1v) is 5.28. The van der Waals surface area contributed by atoms with Crippen LogP contribution in [0.2, 0.25) is 0 Å². The Labute approximate surface area is 85.3 Å². The van der Waals surface area contributed by atoms with E-state index in [0.717, 1.165) is 15.8 Å². The lowest BCUT2D eigenvalue weighted by atomic mass is 10.2. The van der Waals surface area contributed by atoms with Crippen LogP contribution >= 0.6 is 11.3 Å². The number of esters is 1. The van der Waals surface area contributed by atoms with Gasteiger partial charge < -0.3 is 9.15 Å². The largest absolute Gasteiger partial charge is 0.466 e. The van der Waals surface area contributed by atoms with Crippen LogP contribution in [0.15, 0.2) is 22.1 Å². The molecule has 2 aromatic heterocycles. The Balaban J connectivity index is 2.18. The van der Waals surface area contributed by atoms with Crippen molar-refractivity contribution < 1.29 is 13.9 Å². The van der Waals surface area contributed by atoms with E-state index in [1.807, 2.05) is 11.4 Å². The maximum atomic E-state index is 11.2. The van der Waals surface area contributed by atoms with Crippen LogP contribution in [0.25, 0.3) is 10.3 Å². The van der Waals surface area contributed by atoms with Crippen molar-refractivity contribution in [2.24, 2.45) is 0 Å². The van der Waals surface area contributed by atoms with Gasteiger partial charge in [0.15, 0.2) is 0 Å². The van der Waals surface area contributed by atoms with Gasteiger partial charge in [-0.25, -0.2) is 0 Å². The number of carbonyl (C=O) groups is 1. The molecule has 2 heterocycles. The van der Waals surface area contributed by atoms with E-state index in [-0.39, 0.29) is 5.97 Å². The lowest BCUT2D eigenvalue weighted by molar-refractivity contribution is -0.142. The number of hydrogen-bond acceptors (Lipinski definition) is 4. The second-order valence-corrected chi connectivity index (χ2v) is 3.77. The van der Waals surface area contributed by atoms with Crippen molar-refractivity contribution in [1.29, 1.82) is 0 Å². The zero-order valence-electron chi connectivity index (χ0n) is 7.78. The molecule has 0 aromatic carbocycles. The fourth-order valence-electron chi connectivity index (χ4n) is 1.30. The van der Waals surface area contributed by atoms with E-state index in [9.17, 15) is 4.79 Å². The molecule has 0 aliphatic heterocycles. The number of hydrogen-bond donors (Lipinski definition) is 0. The third-order valence-corrected chi connectivity index (χ3v) is 2.86. The van der Waals surface area contributed by atoms with E-state index in [0.29, 0.717) is 13.0 Å². The van der Waals surface area contributed by atoms with E-state index < -0.39 is 0 Å². The van der Waals surface area contributed by atoms with Crippen molar-refractivity contribution >= 4 is 27.6 Å². The molecule has 0 bridgehead atoms. The standard InChI is InChI=1S/C10H10O3S/c1-2-12-9(11)5-7-6-13-8-3-4-14-10(7)8/h3-4,6H,2,5H2,1H3. The maximum Gasteiger partial charge on any atom is 0.310 e. The zero-order chi connectivity index (χ0) is 9.97. The van der Waals surface area contributed by atoms with Crippen molar-refractivity contribution in [3.63, 3.8) is 0 Å². The molecule has 4 heteroatoms. The molecule has 0 spiro atoms. The van der Waals surface area contributed by atoms with Gasteiger partial charge >= 0.3 is 5.97 Å². The summed E-state index contributed by atoms with van der Waals surface area (Å²) in [4.78, 5) is 11.2. The molecule has 2 rings (SSSR count). The molecule has 0 atom stereocenters. The van der Waals surface area contributed by atoms with Gasteiger partial charge in [-0.3, -0.25) is 4.79 Å². The Morgan fingerprint density at radius 2 is 2.50 bits per heavy atom. The van der Waals surface area contributed by atoms with Crippen molar-refractivity contribution in [2.75, 3.05) is 6.61 Å². The molecular weight excluding hydrogens is 200 g/mol. The summed E-state index contributed by atoms with van der Waals surface area (Å²) in [5.74, 6) is -0.205. The number of ether oxygens (including phenoxy) is 1. The normalized spacial score (nSPS) is 10.6. The molecule has 14 heavy (non-hydrogen) atoms. The van der Waals surface area contributed by atoms with E-state index in [1.54, 1.807) is 24.5 Å². The quantitative estimate of drug-likeness (QED) is 0.731. The van der Waals surface area contributed by atoms with Gasteiger partial charge in [0.05, 0.1) is 24.0 Å². The summed E-state index contributed by atoms with van der Waals surface area (Å²) in [6, 6.07) is 1.90. The fraction of sp³-hybridized carbons (Fsp3) is 0.300. The molecule has 0 saturated carbocycles. The number of furan rings is 1. The van der Waals surface area contributed by atoms with Crippen LogP contribution < -0.4 is 0 Å². The average Bonchev–Trinajstić information content (AvgIpc) is 2.70. The Morgan fingerprint density at radius 3 is 3.29 bits per heavy atom. The van der Waals surface area contributed by atoms with Crippen LogP contribution in [0.5, 0.6) is 0 Å². The van der Waals surface area contributed by atoms with Crippen LogP contribution in [0.4, 0.5) is 0 Å². The van der Waals surface area contributed by atoms with Crippen LogP contribution in [-0.2, 0) is 16.0 Å². The van der Waals surface area contributed by atoms with Crippen molar-refractivity contribution in [3.05, 3.63) is 23.3 Å². The number of fused-ring (bicyclic) bond motifs is 1. The van der Waals surface area contributed by atoms with Crippen LogP contribution in [0.3, 0.4) is 0 Å². The molecule has 0 aliphatic carbocycles. The molecule has 3 nitrogen and oxygen atoms in total. The molecule has 0 amide bonds. The van der Waals surface area contributed by atoms with E-state index in [2.05, 4.69) is 0 Å². The average molecular weight is 210 g/mol. The molecule has 0 aliphatic rings. The minimum atomic E-state index is -0.205. The maximum absolute atomic E-state index is 11.2. The van der Waals surface area contributed by atoms with Crippen LogP contribution in [0, 0.1) is 0 Å². The summed E-state index contributed by atoms with van der Waals surface area (Å²) in [6.45, 7) is 2.22. The smallest absolute Gasteiger partial charge is 0.310 e. The van der Waals surface area contributed by atoms with E-state index in [4.69, 9.17) is 9.15 Å². The Kier molecular flexibility index (Phi) is 2.54. The summed E-state index contributed by atoms with van der Waals surface area (Å²) in [5, 5.41) is 1.95. The van der Waals surface area contributed by atoms with E-state index in [1.165, 1.54) is 0 Å². The van der Waals surface area contributed by atoms with E-state index >= 15 is 0 Å². The van der Waals surface area contributed by atoms with Gasteiger partial charge in [0.25, 0.3) is 0 Å². The van der Waals surface area contributed by atoms with Crippen molar-refractivity contribution in [1.82, 2.24) is 0 Å². The molecule has 0 radical (unpaired) electrons. The molecule has 2 aromatic rings. The topological polar surface area (TPSA) is 39.4 Å². The summed E-state index contributed by atoms with van der Waals surface area (Å²) in [5.41, 5.74) is 1.75. The van der Waals surface area contributed by atoms with Gasteiger partial charge in [0, 0.05) is 5.56 Å². The first kappa shape index (κ1) is 9.27. The predicted molar refractivity (Wildman–Crippen MR) is 54.4 cm³/mol. The van der Waals surface area contributed by atoms with Gasteiger partial charge in [0.1, 0.15) is 5.58 Å². The lowest BCUT2D eigenvalue weighted by Crippen LogP contribution is -2.06. The van der Waals surface area contributed by atoms with Gasteiger partial charge in [0.2, 0.25) is 0 Å². The highest BCUT2D eigenvalue weighted by Gasteiger charge is 2.11. The monoisotopic (exact) mass is 210 g/mol. The van der Waals surface area contributed by atoms with Crippen molar-refractivity contribution in [2.45, 2.75) is 13.3 Å². The molecule has 0 N–H and O–H groups in total. The predicted octanol–water partition coefficient (Wildman–Crippen LogP) is 2.60. The third kappa shape index (κ3) is 1.65. The lowest BCUT2D eigenvalue weighted by Gasteiger charge is -1.98.